The molecule has 106 valence electrons. The summed E-state index contributed by atoms with van der Waals surface area (Å²) >= 11 is 4.19. The van der Waals surface area contributed by atoms with Crippen molar-refractivity contribution in [2.24, 2.45) is 11.3 Å². The van der Waals surface area contributed by atoms with Gasteiger partial charge in [0.1, 0.15) is 0 Å². The van der Waals surface area contributed by atoms with Crippen molar-refractivity contribution in [3.05, 3.63) is 11.8 Å². The van der Waals surface area contributed by atoms with Crippen LogP contribution in [0.2, 0.25) is 0 Å². The predicted molar refractivity (Wildman–Crippen MR) is 61.5 cm³/mol. The molecule has 0 aromatic carbocycles. The van der Waals surface area contributed by atoms with Gasteiger partial charge in [-0.1, -0.05) is 13.8 Å². The highest BCUT2D eigenvalue weighted by Crippen LogP contribution is 2.53. The third kappa shape index (κ3) is 6.74. The van der Waals surface area contributed by atoms with Gasteiger partial charge in [-0.25, -0.2) is 4.79 Å². The van der Waals surface area contributed by atoms with Crippen LogP contribution in [0.5, 0.6) is 0 Å². The molecule has 0 heterocycles. The zero-order valence-electron chi connectivity index (χ0n) is 10.3. The number of ether oxygens (including phenoxy) is 1. The number of rotatable bonds is 3. The quantitative estimate of drug-likeness (QED) is 0.618. The van der Waals surface area contributed by atoms with Crippen LogP contribution in [0.15, 0.2) is 11.8 Å². The van der Waals surface area contributed by atoms with Crippen LogP contribution in [-0.4, -0.2) is 23.3 Å². The van der Waals surface area contributed by atoms with E-state index >= 15 is 0 Å². The second kappa shape index (κ2) is 6.31. The minimum atomic E-state index is -4.35. The SMILES string of the molecule is CCOC(=CC1CC1(C)C)C(F)(F)F.O=C(O)Cl. The average molecular weight is 289 g/mol. The van der Waals surface area contributed by atoms with Gasteiger partial charge in [-0.05, 0) is 30.8 Å². The van der Waals surface area contributed by atoms with Crippen LogP contribution in [-0.2, 0) is 4.74 Å². The molecule has 7 heteroatoms. The molecule has 0 bridgehead atoms. The Bertz CT molecular complexity index is 320. The zero-order valence-corrected chi connectivity index (χ0v) is 11.1. The Morgan fingerprint density at radius 2 is 1.94 bits per heavy atom. The minimum absolute atomic E-state index is 0.00525. The van der Waals surface area contributed by atoms with Crippen LogP contribution >= 0.6 is 11.6 Å². The van der Waals surface area contributed by atoms with Crippen LogP contribution in [0.3, 0.4) is 0 Å². The van der Waals surface area contributed by atoms with E-state index in [1.54, 1.807) is 6.92 Å². The molecular weight excluding hydrogens is 273 g/mol. The second-order valence-corrected chi connectivity index (χ2v) is 4.84. The lowest BCUT2D eigenvalue weighted by molar-refractivity contribution is -0.130. The summed E-state index contributed by atoms with van der Waals surface area (Å²) in [5.41, 5.74) is -1.35. The molecule has 1 unspecified atom stereocenters. The highest BCUT2D eigenvalue weighted by atomic mass is 35.5. The number of hydrogen-bond acceptors (Lipinski definition) is 2. The maximum absolute atomic E-state index is 12.4. The summed E-state index contributed by atoms with van der Waals surface area (Å²) in [5.74, 6) is -0.832. The molecule has 3 nitrogen and oxygen atoms in total. The maximum Gasteiger partial charge on any atom is 0.448 e. The fraction of sp³-hybridized carbons (Fsp3) is 0.727. The largest absolute Gasteiger partial charge is 0.489 e. The molecule has 1 aliphatic rings. The van der Waals surface area contributed by atoms with Crippen LogP contribution in [0.25, 0.3) is 0 Å². The second-order valence-electron chi connectivity index (χ2n) is 4.51. The van der Waals surface area contributed by atoms with Crippen LogP contribution in [0.1, 0.15) is 27.2 Å². The van der Waals surface area contributed by atoms with Crippen molar-refractivity contribution >= 4 is 17.0 Å². The lowest BCUT2D eigenvalue weighted by atomic mass is 10.1. The number of halogens is 4. The number of hydrogen-bond donors (Lipinski definition) is 1. The highest BCUT2D eigenvalue weighted by molar-refractivity contribution is 6.60. The first kappa shape index (κ1) is 17.1. The van der Waals surface area contributed by atoms with Crippen LogP contribution in [0.4, 0.5) is 18.0 Å². The lowest BCUT2D eigenvalue weighted by Gasteiger charge is -2.12. The summed E-state index contributed by atoms with van der Waals surface area (Å²) in [7, 11) is 0. The molecule has 1 aliphatic carbocycles. The summed E-state index contributed by atoms with van der Waals surface area (Å²) in [6.45, 7) is 5.51. The molecule has 1 saturated carbocycles. The maximum atomic E-state index is 12.4. The van der Waals surface area contributed by atoms with Gasteiger partial charge in [0.2, 0.25) is 0 Å². The molecule has 1 rings (SSSR count). The number of carbonyl (C=O) groups is 1. The Kier molecular flexibility index (Phi) is 5.99. The molecule has 0 aromatic heterocycles. The topological polar surface area (TPSA) is 46.5 Å². The number of alkyl halides is 3. The molecule has 0 saturated heterocycles. The Morgan fingerprint density at radius 3 is 2.17 bits per heavy atom. The van der Waals surface area contributed by atoms with E-state index in [1.807, 2.05) is 13.8 Å². The molecule has 1 N–H and O–H groups in total. The van der Waals surface area contributed by atoms with E-state index in [9.17, 15) is 13.2 Å². The Hall–Kier alpha value is -0.910. The Labute approximate surface area is 109 Å². The molecule has 0 radical (unpaired) electrons. The van der Waals surface area contributed by atoms with E-state index in [0.717, 1.165) is 6.42 Å². The van der Waals surface area contributed by atoms with Gasteiger partial charge in [0.15, 0.2) is 5.76 Å². The van der Waals surface area contributed by atoms with Crippen molar-refractivity contribution in [2.45, 2.75) is 33.4 Å². The fourth-order valence-electron chi connectivity index (χ4n) is 1.36. The Morgan fingerprint density at radius 1 is 1.56 bits per heavy atom. The fourth-order valence-corrected chi connectivity index (χ4v) is 1.36. The van der Waals surface area contributed by atoms with Gasteiger partial charge in [0.25, 0.3) is 0 Å². The summed E-state index contributed by atoms with van der Waals surface area (Å²) in [4.78, 5) is 8.77. The molecular formula is C11H16ClF3O3. The van der Waals surface area contributed by atoms with Crippen molar-refractivity contribution in [1.82, 2.24) is 0 Å². The average Bonchev–Trinajstić information content (AvgIpc) is 2.70. The Balaban J connectivity index is 0.000000631. The summed E-state index contributed by atoms with van der Waals surface area (Å²) < 4.78 is 41.6. The van der Waals surface area contributed by atoms with Crippen LogP contribution in [0, 0.1) is 11.3 Å². The van der Waals surface area contributed by atoms with Gasteiger partial charge in [-0.15, -0.1) is 0 Å². The van der Waals surface area contributed by atoms with Gasteiger partial charge in [0.05, 0.1) is 6.61 Å². The van der Waals surface area contributed by atoms with E-state index in [4.69, 9.17) is 9.90 Å². The monoisotopic (exact) mass is 288 g/mol. The summed E-state index contributed by atoms with van der Waals surface area (Å²) in [6, 6.07) is 0. The molecule has 18 heavy (non-hydrogen) atoms. The van der Waals surface area contributed by atoms with Crippen molar-refractivity contribution in [3.63, 3.8) is 0 Å². The van der Waals surface area contributed by atoms with Gasteiger partial charge in [0, 0.05) is 11.6 Å². The third-order valence-electron chi connectivity index (χ3n) is 2.52. The molecule has 1 fully saturated rings. The molecule has 0 spiro atoms. The van der Waals surface area contributed by atoms with E-state index in [-0.39, 0.29) is 17.9 Å². The minimum Gasteiger partial charge on any atom is -0.489 e. The first-order chi connectivity index (χ1) is 8.00. The summed E-state index contributed by atoms with van der Waals surface area (Å²) in [5, 5.41) is 7.18. The lowest BCUT2D eigenvalue weighted by Crippen LogP contribution is -2.15. The molecule has 0 aromatic rings. The van der Waals surface area contributed by atoms with Gasteiger partial charge >= 0.3 is 11.6 Å². The van der Waals surface area contributed by atoms with E-state index in [0.29, 0.717) is 0 Å². The standard InChI is InChI=1S/C10H15F3O.CHClO2/c1-4-14-8(10(11,12)13)5-7-6-9(7,2)3;2-1(3)4/h5,7H,4,6H2,1-3H3;(H,3,4). The molecule has 1 atom stereocenters. The number of carboxylic acid groups (broad SMARTS) is 1. The smallest absolute Gasteiger partial charge is 0.448 e. The number of allylic oxidation sites excluding steroid dienone is 2. The first-order valence-corrected chi connectivity index (χ1v) is 5.68. The molecule has 0 amide bonds. The van der Waals surface area contributed by atoms with Gasteiger partial charge < -0.3 is 9.84 Å². The van der Waals surface area contributed by atoms with Crippen molar-refractivity contribution in [2.75, 3.05) is 6.61 Å². The zero-order chi connectivity index (χ0) is 14.6. The third-order valence-corrected chi connectivity index (χ3v) is 2.52. The van der Waals surface area contributed by atoms with Crippen molar-refractivity contribution < 1.29 is 27.8 Å². The van der Waals surface area contributed by atoms with Gasteiger partial charge in [-0.3, -0.25) is 0 Å². The molecule has 0 aliphatic heterocycles. The first-order valence-electron chi connectivity index (χ1n) is 5.31. The van der Waals surface area contributed by atoms with Crippen molar-refractivity contribution in [1.29, 1.82) is 0 Å². The van der Waals surface area contributed by atoms with E-state index in [2.05, 4.69) is 16.3 Å². The normalized spacial score (nSPS) is 21.7. The van der Waals surface area contributed by atoms with Gasteiger partial charge in [-0.2, -0.15) is 13.2 Å². The highest BCUT2D eigenvalue weighted by Gasteiger charge is 2.47. The van der Waals surface area contributed by atoms with Crippen LogP contribution < -0.4 is 0 Å². The van der Waals surface area contributed by atoms with Crippen molar-refractivity contribution in [3.8, 4) is 0 Å². The van der Waals surface area contributed by atoms with E-state index in [1.165, 1.54) is 6.08 Å². The summed E-state index contributed by atoms with van der Waals surface area (Å²) in [6.07, 6.45) is -2.34. The predicted octanol–water partition coefficient (Wildman–Crippen LogP) is 4.42. The van der Waals surface area contributed by atoms with E-state index < -0.39 is 17.4 Å².